The fourth-order valence-electron chi connectivity index (χ4n) is 1.20. The highest BCUT2D eigenvalue weighted by atomic mass is 32.1. The van der Waals surface area contributed by atoms with E-state index in [0.717, 1.165) is 5.56 Å². The van der Waals surface area contributed by atoms with Crippen LogP contribution in [0.5, 0.6) is 0 Å². The van der Waals surface area contributed by atoms with Crippen LogP contribution in [-0.2, 0) is 20.9 Å². The van der Waals surface area contributed by atoms with Crippen LogP contribution in [0.3, 0.4) is 0 Å². The maximum atomic E-state index is 11.0. The number of aliphatic hydroxyl groups excluding tert-OH is 2. The molecule has 1 amide bonds. The Labute approximate surface area is 143 Å². The SMILES string of the molecule is O=C(NCCS)OCc1ccccc1.O=C(O)C(O)C(O)C(=O)O. The third-order valence-corrected chi connectivity index (χ3v) is 2.62. The zero-order valence-corrected chi connectivity index (χ0v) is 13.4. The first-order valence-electron chi connectivity index (χ1n) is 6.66. The number of carbonyl (C=O) groups excluding carboxylic acids is 1. The van der Waals surface area contributed by atoms with Gasteiger partial charge in [0.05, 0.1) is 0 Å². The Balaban J connectivity index is 0.000000470. The Morgan fingerprint density at radius 1 is 1.04 bits per heavy atom. The molecule has 0 saturated heterocycles. The van der Waals surface area contributed by atoms with Crippen molar-refractivity contribution in [1.29, 1.82) is 0 Å². The van der Waals surface area contributed by atoms with Crippen LogP contribution < -0.4 is 5.32 Å². The van der Waals surface area contributed by atoms with Gasteiger partial charge in [0, 0.05) is 12.3 Å². The topological polar surface area (TPSA) is 153 Å². The van der Waals surface area contributed by atoms with Gasteiger partial charge < -0.3 is 30.5 Å². The second-order valence-corrected chi connectivity index (χ2v) is 4.73. The van der Waals surface area contributed by atoms with Gasteiger partial charge in [0.1, 0.15) is 6.61 Å². The summed E-state index contributed by atoms with van der Waals surface area (Å²) in [6.45, 7) is 0.829. The van der Waals surface area contributed by atoms with E-state index in [-0.39, 0.29) is 0 Å². The number of aliphatic carboxylic acids is 2. The van der Waals surface area contributed by atoms with Crippen LogP contribution in [0, 0.1) is 0 Å². The molecule has 2 unspecified atom stereocenters. The van der Waals surface area contributed by atoms with Crippen LogP contribution in [0.2, 0.25) is 0 Å². The minimum absolute atomic E-state index is 0.305. The molecule has 0 heterocycles. The summed E-state index contributed by atoms with van der Waals surface area (Å²) in [4.78, 5) is 30.6. The van der Waals surface area contributed by atoms with E-state index >= 15 is 0 Å². The number of carbonyl (C=O) groups is 3. The molecule has 0 radical (unpaired) electrons. The number of nitrogens with one attached hydrogen (secondary N) is 1. The molecule has 0 saturated carbocycles. The molecule has 0 fully saturated rings. The number of hydrogen-bond donors (Lipinski definition) is 6. The molecule has 0 aliphatic carbocycles. The Morgan fingerprint density at radius 2 is 1.54 bits per heavy atom. The van der Waals surface area contributed by atoms with Crippen molar-refractivity contribution >= 4 is 30.7 Å². The minimum atomic E-state index is -2.27. The molecule has 1 aromatic carbocycles. The van der Waals surface area contributed by atoms with Crippen molar-refractivity contribution in [3.8, 4) is 0 Å². The van der Waals surface area contributed by atoms with Crippen LogP contribution in [0.25, 0.3) is 0 Å². The molecule has 2 atom stereocenters. The van der Waals surface area contributed by atoms with Gasteiger partial charge in [-0.25, -0.2) is 14.4 Å². The zero-order chi connectivity index (χ0) is 18.5. The normalized spacial score (nSPS) is 12.1. The standard InChI is InChI=1S/C10H13NO2S.C4H6O6/c12-10(11-6-7-14)13-8-9-4-2-1-3-5-9;5-1(3(7)8)2(6)4(9)10/h1-5,14H,6-8H2,(H,11,12);1-2,5-6H,(H,7,8)(H,9,10). The second-order valence-electron chi connectivity index (χ2n) is 4.28. The van der Waals surface area contributed by atoms with Crippen molar-refractivity contribution in [2.45, 2.75) is 18.8 Å². The third-order valence-electron chi connectivity index (χ3n) is 2.40. The van der Waals surface area contributed by atoms with Gasteiger partial charge >= 0.3 is 18.0 Å². The van der Waals surface area contributed by atoms with Gasteiger partial charge in [0.2, 0.25) is 0 Å². The molecular formula is C14H19NO8S. The molecule has 24 heavy (non-hydrogen) atoms. The number of aliphatic hydroxyl groups is 2. The predicted octanol–water partition coefficient (Wildman–Crippen LogP) is -0.280. The van der Waals surface area contributed by atoms with Crippen LogP contribution in [0.1, 0.15) is 5.56 Å². The van der Waals surface area contributed by atoms with Gasteiger partial charge in [-0.15, -0.1) is 0 Å². The highest BCUT2D eigenvalue weighted by Gasteiger charge is 2.29. The Bertz CT molecular complexity index is 507. The number of amides is 1. The number of thiol groups is 1. The van der Waals surface area contributed by atoms with Gasteiger partial charge in [-0.2, -0.15) is 12.6 Å². The summed E-state index contributed by atoms with van der Waals surface area (Å²) in [6.07, 6.45) is -4.93. The van der Waals surface area contributed by atoms with E-state index in [9.17, 15) is 14.4 Å². The summed E-state index contributed by atoms with van der Waals surface area (Å²) >= 11 is 3.96. The number of hydrogen-bond acceptors (Lipinski definition) is 7. The van der Waals surface area contributed by atoms with Crippen molar-refractivity contribution in [2.75, 3.05) is 12.3 Å². The molecule has 5 N–H and O–H groups in total. The molecule has 0 spiro atoms. The number of ether oxygens (including phenoxy) is 1. The number of carboxylic acids is 2. The maximum absolute atomic E-state index is 11.0. The van der Waals surface area contributed by atoms with E-state index in [1.54, 1.807) is 0 Å². The lowest BCUT2D eigenvalue weighted by Gasteiger charge is -2.07. The number of alkyl carbamates (subject to hydrolysis) is 1. The molecular weight excluding hydrogens is 342 g/mol. The number of rotatable bonds is 7. The molecule has 0 aliphatic heterocycles. The summed E-state index contributed by atoms with van der Waals surface area (Å²) in [7, 11) is 0. The number of carboxylic acid groups (broad SMARTS) is 2. The predicted molar refractivity (Wildman–Crippen MR) is 85.8 cm³/mol. The van der Waals surface area contributed by atoms with E-state index in [2.05, 4.69) is 17.9 Å². The maximum Gasteiger partial charge on any atom is 0.407 e. The van der Waals surface area contributed by atoms with Gasteiger partial charge in [-0.05, 0) is 5.56 Å². The quantitative estimate of drug-likeness (QED) is 0.363. The monoisotopic (exact) mass is 361 g/mol. The van der Waals surface area contributed by atoms with E-state index in [0.29, 0.717) is 18.9 Å². The summed E-state index contributed by atoms with van der Waals surface area (Å²) in [6, 6.07) is 9.55. The molecule has 9 nitrogen and oxygen atoms in total. The fraction of sp³-hybridized carbons (Fsp3) is 0.357. The Kier molecular flexibility index (Phi) is 11.0. The first-order valence-corrected chi connectivity index (χ1v) is 7.30. The lowest BCUT2D eigenvalue weighted by Crippen LogP contribution is -2.39. The average Bonchev–Trinajstić information content (AvgIpc) is 2.58. The van der Waals surface area contributed by atoms with Crippen LogP contribution >= 0.6 is 12.6 Å². The highest BCUT2D eigenvalue weighted by molar-refractivity contribution is 7.80. The van der Waals surface area contributed by atoms with Gasteiger partial charge in [0.25, 0.3) is 0 Å². The zero-order valence-electron chi connectivity index (χ0n) is 12.5. The molecule has 0 aliphatic rings. The summed E-state index contributed by atoms with van der Waals surface area (Å²) in [5, 5.41) is 35.1. The Morgan fingerprint density at radius 3 is 1.96 bits per heavy atom. The molecule has 0 aromatic heterocycles. The summed E-state index contributed by atoms with van der Waals surface area (Å²) in [5.41, 5.74) is 0.980. The van der Waals surface area contributed by atoms with Crippen molar-refractivity contribution in [1.82, 2.24) is 5.32 Å². The van der Waals surface area contributed by atoms with E-state index < -0.39 is 30.2 Å². The van der Waals surface area contributed by atoms with Crippen molar-refractivity contribution in [2.24, 2.45) is 0 Å². The van der Waals surface area contributed by atoms with Crippen LogP contribution in [0.4, 0.5) is 4.79 Å². The summed E-state index contributed by atoms with van der Waals surface area (Å²) < 4.78 is 4.95. The van der Waals surface area contributed by atoms with Gasteiger partial charge in [-0.1, -0.05) is 30.3 Å². The lowest BCUT2D eigenvalue weighted by molar-refractivity contribution is -0.165. The molecule has 1 aromatic rings. The van der Waals surface area contributed by atoms with Gasteiger partial charge in [-0.3, -0.25) is 0 Å². The third kappa shape index (κ3) is 9.66. The first kappa shape index (κ1) is 21.7. The largest absolute Gasteiger partial charge is 0.479 e. The van der Waals surface area contributed by atoms with Crippen LogP contribution in [-0.4, -0.2) is 63.0 Å². The molecule has 0 bridgehead atoms. The highest BCUT2D eigenvalue weighted by Crippen LogP contribution is 2.00. The molecule has 1 rings (SSSR count). The van der Waals surface area contributed by atoms with Crippen molar-refractivity contribution in [3.05, 3.63) is 35.9 Å². The first-order chi connectivity index (χ1) is 11.3. The van der Waals surface area contributed by atoms with Crippen molar-refractivity contribution in [3.63, 3.8) is 0 Å². The number of benzene rings is 1. The van der Waals surface area contributed by atoms with Gasteiger partial charge in [0.15, 0.2) is 12.2 Å². The average molecular weight is 361 g/mol. The lowest BCUT2D eigenvalue weighted by atomic mass is 10.2. The molecule has 10 heteroatoms. The fourth-order valence-corrected chi connectivity index (χ4v) is 1.31. The minimum Gasteiger partial charge on any atom is -0.479 e. The smallest absolute Gasteiger partial charge is 0.407 e. The van der Waals surface area contributed by atoms with E-state index in [1.165, 1.54) is 0 Å². The van der Waals surface area contributed by atoms with Crippen LogP contribution in [0.15, 0.2) is 30.3 Å². The van der Waals surface area contributed by atoms with E-state index in [4.69, 9.17) is 25.2 Å². The second kappa shape index (κ2) is 12.2. The summed E-state index contributed by atoms with van der Waals surface area (Å²) in [5.74, 6) is -2.93. The van der Waals surface area contributed by atoms with Crippen molar-refractivity contribution < 1.29 is 39.5 Å². The Hall–Kier alpha value is -2.30. The van der Waals surface area contributed by atoms with E-state index in [1.807, 2.05) is 30.3 Å². The molecule has 134 valence electrons.